The van der Waals surface area contributed by atoms with Gasteiger partial charge in [-0.2, -0.15) is 4.31 Å². The molecule has 1 aromatic rings. The quantitative estimate of drug-likeness (QED) is 0.835. The zero-order valence-corrected chi connectivity index (χ0v) is 13.7. The van der Waals surface area contributed by atoms with E-state index in [1.807, 2.05) is 13.8 Å². The number of sulfonamides is 1. The molecule has 0 spiro atoms. The third kappa shape index (κ3) is 3.03. The van der Waals surface area contributed by atoms with Crippen LogP contribution in [0.2, 0.25) is 0 Å². The molecule has 0 atom stereocenters. The molecule has 2 aliphatic rings. The zero-order chi connectivity index (χ0) is 15.2. The van der Waals surface area contributed by atoms with Gasteiger partial charge in [0.05, 0.1) is 6.26 Å². The highest BCUT2D eigenvalue weighted by atomic mass is 32.2. The van der Waals surface area contributed by atoms with Gasteiger partial charge in [0.2, 0.25) is 10.0 Å². The molecule has 0 radical (unpaired) electrons. The van der Waals surface area contributed by atoms with Gasteiger partial charge in [-0.1, -0.05) is 0 Å². The first-order valence-corrected chi connectivity index (χ1v) is 9.26. The highest BCUT2D eigenvalue weighted by Gasteiger charge is 2.30. The second kappa shape index (κ2) is 5.21. The summed E-state index contributed by atoms with van der Waals surface area (Å²) in [6.45, 7) is 6.51. The summed E-state index contributed by atoms with van der Waals surface area (Å²) >= 11 is 0. The molecule has 1 aromatic heterocycles. The van der Waals surface area contributed by atoms with Crippen LogP contribution in [-0.2, 0) is 10.0 Å². The Bertz CT molecular complexity index is 647. The maximum atomic E-state index is 11.6. The van der Waals surface area contributed by atoms with E-state index < -0.39 is 10.0 Å². The molecule has 7 heteroatoms. The summed E-state index contributed by atoms with van der Waals surface area (Å²) in [5, 5.41) is 0. The summed E-state index contributed by atoms with van der Waals surface area (Å²) < 4.78 is 24.7. The van der Waals surface area contributed by atoms with Crippen molar-refractivity contribution >= 4 is 15.8 Å². The molecule has 1 aliphatic heterocycles. The topological polar surface area (TPSA) is 66.4 Å². The van der Waals surface area contributed by atoms with Gasteiger partial charge < -0.3 is 4.90 Å². The van der Waals surface area contributed by atoms with Gasteiger partial charge >= 0.3 is 0 Å². The summed E-state index contributed by atoms with van der Waals surface area (Å²) in [6.07, 6.45) is 3.64. The maximum absolute atomic E-state index is 11.6. The van der Waals surface area contributed by atoms with Gasteiger partial charge in [0.25, 0.3) is 0 Å². The fourth-order valence-electron chi connectivity index (χ4n) is 2.70. The molecule has 1 aliphatic carbocycles. The Balaban J connectivity index is 1.81. The Morgan fingerprint density at radius 3 is 2.19 bits per heavy atom. The van der Waals surface area contributed by atoms with Crippen LogP contribution in [0.3, 0.4) is 0 Å². The van der Waals surface area contributed by atoms with E-state index in [4.69, 9.17) is 4.98 Å². The second-order valence-corrected chi connectivity index (χ2v) is 8.02. The Kier molecular flexibility index (Phi) is 3.65. The maximum Gasteiger partial charge on any atom is 0.211 e. The van der Waals surface area contributed by atoms with Gasteiger partial charge in [0.15, 0.2) is 0 Å². The Morgan fingerprint density at radius 1 is 1.05 bits per heavy atom. The summed E-state index contributed by atoms with van der Waals surface area (Å²) in [4.78, 5) is 11.5. The molecular formula is C14H22N4O2S. The standard InChI is InChI=1S/C14H22N4O2S/c1-10-11(2)15-13(12-4-5-12)16-14(10)17-6-8-18(9-7-17)21(3,19)20/h12H,4-9H2,1-3H3. The molecule has 6 nitrogen and oxygen atoms in total. The molecule has 0 aromatic carbocycles. The summed E-state index contributed by atoms with van der Waals surface area (Å²) in [6, 6.07) is 0. The number of aromatic nitrogens is 2. The van der Waals surface area contributed by atoms with Crippen LogP contribution in [0.5, 0.6) is 0 Å². The fraction of sp³-hybridized carbons (Fsp3) is 0.714. The minimum absolute atomic E-state index is 0.528. The van der Waals surface area contributed by atoms with Crippen molar-refractivity contribution in [1.82, 2.24) is 14.3 Å². The summed E-state index contributed by atoms with van der Waals surface area (Å²) in [5.74, 6) is 2.47. The van der Waals surface area contributed by atoms with Crippen molar-refractivity contribution in [3.63, 3.8) is 0 Å². The molecule has 116 valence electrons. The molecule has 0 unspecified atom stereocenters. The van der Waals surface area contributed by atoms with Crippen molar-refractivity contribution in [2.75, 3.05) is 37.3 Å². The van der Waals surface area contributed by atoms with E-state index in [0.717, 1.165) is 22.9 Å². The molecule has 0 N–H and O–H groups in total. The van der Waals surface area contributed by atoms with E-state index in [0.29, 0.717) is 32.1 Å². The van der Waals surface area contributed by atoms with E-state index in [1.54, 1.807) is 0 Å². The molecule has 1 saturated heterocycles. The Morgan fingerprint density at radius 2 is 1.67 bits per heavy atom. The lowest BCUT2D eigenvalue weighted by Gasteiger charge is -2.35. The molecule has 1 saturated carbocycles. The number of aryl methyl sites for hydroxylation is 1. The van der Waals surface area contributed by atoms with E-state index in [-0.39, 0.29) is 0 Å². The predicted octanol–water partition coefficient (Wildman–Crippen LogP) is 1.05. The SMILES string of the molecule is Cc1nc(C2CC2)nc(N2CCN(S(C)(=O)=O)CC2)c1C. The predicted molar refractivity (Wildman–Crippen MR) is 82.1 cm³/mol. The monoisotopic (exact) mass is 310 g/mol. The van der Waals surface area contributed by atoms with Crippen molar-refractivity contribution in [3.8, 4) is 0 Å². The number of rotatable bonds is 3. The number of anilines is 1. The van der Waals surface area contributed by atoms with Crippen LogP contribution >= 0.6 is 0 Å². The average molecular weight is 310 g/mol. The van der Waals surface area contributed by atoms with Crippen LogP contribution in [0.15, 0.2) is 0 Å². The summed E-state index contributed by atoms with van der Waals surface area (Å²) in [7, 11) is -3.09. The van der Waals surface area contributed by atoms with Crippen molar-refractivity contribution in [3.05, 3.63) is 17.1 Å². The lowest BCUT2D eigenvalue weighted by Crippen LogP contribution is -2.48. The van der Waals surface area contributed by atoms with Crippen LogP contribution in [-0.4, -0.2) is 55.1 Å². The minimum atomic E-state index is -3.09. The first-order chi connectivity index (χ1) is 9.86. The lowest BCUT2D eigenvalue weighted by atomic mass is 10.2. The van der Waals surface area contributed by atoms with Gasteiger partial charge in [-0.3, -0.25) is 0 Å². The Hall–Kier alpha value is -1.21. The number of hydrogen-bond acceptors (Lipinski definition) is 5. The van der Waals surface area contributed by atoms with E-state index >= 15 is 0 Å². The molecule has 0 bridgehead atoms. The van der Waals surface area contributed by atoms with E-state index in [2.05, 4.69) is 9.88 Å². The molecule has 2 heterocycles. The lowest BCUT2D eigenvalue weighted by molar-refractivity contribution is 0.386. The van der Waals surface area contributed by atoms with Crippen LogP contribution in [0.25, 0.3) is 0 Å². The summed E-state index contributed by atoms with van der Waals surface area (Å²) in [5.41, 5.74) is 2.14. The van der Waals surface area contributed by atoms with Crippen molar-refractivity contribution < 1.29 is 8.42 Å². The van der Waals surface area contributed by atoms with E-state index in [9.17, 15) is 8.42 Å². The van der Waals surface area contributed by atoms with Crippen molar-refractivity contribution in [1.29, 1.82) is 0 Å². The van der Waals surface area contributed by atoms with Gasteiger partial charge in [0, 0.05) is 43.4 Å². The third-order valence-corrected chi connectivity index (χ3v) is 5.63. The first kappa shape index (κ1) is 14.7. The molecule has 3 rings (SSSR count). The minimum Gasteiger partial charge on any atom is -0.354 e. The van der Waals surface area contributed by atoms with Crippen LogP contribution < -0.4 is 4.90 Å². The Labute approximate surface area is 126 Å². The number of nitrogens with zero attached hydrogens (tertiary/aromatic N) is 4. The van der Waals surface area contributed by atoms with Gasteiger partial charge in [-0.15, -0.1) is 0 Å². The highest BCUT2D eigenvalue weighted by molar-refractivity contribution is 7.88. The van der Waals surface area contributed by atoms with Gasteiger partial charge in [-0.25, -0.2) is 18.4 Å². The van der Waals surface area contributed by atoms with Crippen LogP contribution in [0.1, 0.15) is 35.8 Å². The zero-order valence-electron chi connectivity index (χ0n) is 12.8. The first-order valence-electron chi connectivity index (χ1n) is 7.41. The molecular weight excluding hydrogens is 288 g/mol. The second-order valence-electron chi connectivity index (χ2n) is 6.04. The van der Waals surface area contributed by atoms with Crippen LogP contribution in [0.4, 0.5) is 5.82 Å². The van der Waals surface area contributed by atoms with Gasteiger partial charge in [-0.05, 0) is 26.7 Å². The van der Waals surface area contributed by atoms with Gasteiger partial charge in [0.1, 0.15) is 11.6 Å². The largest absolute Gasteiger partial charge is 0.354 e. The highest BCUT2D eigenvalue weighted by Crippen LogP contribution is 2.39. The molecule has 2 fully saturated rings. The smallest absolute Gasteiger partial charge is 0.211 e. The molecule has 21 heavy (non-hydrogen) atoms. The number of piperazine rings is 1. The van der Waals surface area contributed by atoms with Crippen LogP contribution in [0, 0.1) is 13.8 Å². The molecule has 0 amide bonds. The third-order valence-electron chi connectivity index (χ3n) is 4.33. The normalized spacial score (nSPS) is 20.8. The van der Waals surface area contributed by atoms with Crippen molar-refractivity contribution in [2.24, 2.45) is 0 Å². The fourth-order valence-corrected chi connectivity index (χ4v) is 3.52. The average Bonchev–Trinajstić information content (AvgIpc) is 3.25. The number of hydrogen-bond donors (Lipinski definition) is 0. The van der Waals surface area contributed by atoms with Crippen molar-refractivity contribution in [2.45, 2.75) is 32.6 Å². The van der Waals surface area contributed by atoms with E-state index in [1.165, 1.54) is 23.4 Å².